The zero-order chi connectivity index (χ0) is 15.8. The van der Waals surface area contributed by atoms with Crippen molar-refractivity contribution in [2.45, 2.75) is 43.5 Å². The Morgan fingerprint density at radius 2 is 2.05 bits per heavy atom. The monoisotopic (exact) mass is 378 g/mol. The standard InChI is InChI=1S/C14H20BrFN2O2S/c1-9-4-3-5-10(6-9)18(2)21(19,20)14-8-13(17)11(15)7-12(14)16/h7-10H,3-6,17H2,1-2H3. The fourth-order valence-corrected chi connectivity index (χ4v) is 4.62. The van der Waals surface area contributed by atoms with E-state index in [4.69, 9.17) is 5.73 Å². The zero-order valence-electron chi connectivity index (χ0n) is 12.1. The molecule has 0 radical (unpaired) electrons. The quantitative estimate of drug-likeness (QED) is 0.819. The minimum Gasteiger partial charge on any atom is -0.398 e. The van der Waals surface area contributed by atoms with Crippen LogP contribution in [0, 0.1) is 11.7 Å². The lowest BCUT2D eigenvalue weighted by Gasteiger charge is -2.33. The fourth-order valence-electron chi connectivity index (χ4n) is 2.83. The molecule has 2 rings (SSSR count). The molecule has 1 aliphatic carbocycles. The average molecular weight is 379 g/mol. The first kappa shape index (κ1) is 16.7. The smallest absolute Gasteiger partial charge is 0.246 e. The van der Waals surface area contributed by atoms with E-state index in [2.05, 4.69) is 22.9 Å². The molecule has 118 valence electrons. The van der Waals surface area contributed by atoms with Crippen LogP contribution in [0.2, 0.25) is 0 Å². The SMILES string of the molecule is CC1CCCC(N(C)S(=O)(=O)c2cc(N)c(Br)cc2F)C1. The summed E-state index contributed by atoms with van der Waals surface area (Å²) in [5.74, 6) is -0.298. The van der Waals surface area contributed by atoms with E-state index in [0.29, 0.717) is 10.4 Å². The van der Waals surface area contributed by atoms with E-state index in [1.165, 1.54) is 17.4 Å². The van der Waals surface area contributed by atoms with Crippen molar-refractivity contribution in [3.8, 4) is 0 Å². The molecule has 2 unspecified atom stereocenters. The topological polar surface area (TPSA) is 63.4 Å². The van der Waals surface area contributed by atoms with Gasteiger partial charge in [-0.1, -0.05) is 19.8 Å². The Kier molecular flexibility index (Phi) is 4.95. The summed E-state index contributed by atoms with van der Waals surface area (Å²) in [6, 6.07) is 2.19. The second kappa shape index (κ2) is 6.22. The number of halogens is 2. The summed E-state index contributed by atoms with van der Waals surface area (Å²) >= 11 is 3.10. The van der Waals surface area contributed by atoms with Crippen molar-refractivity contribution in [3.63, 3.8) is 0 Å². The second-order valence-electron chi connectivity index (χ2n) is 5.75. The molecule has 0 heterocycles. The Morgan fingerprint density at radius 1 is 1.38 bits per heavy atom. The first-order valence-corrected chi connectivity index (χ1v) is 9.19. The zero-order valence-corrected chi connectivity index (χ0v) is 14.5. The van der Waals surface area contributed by atoms with Crippen LogP contribution in [0.1, 0.15) is 32.6 Å². The number of nitrogens with zero attached hydrogens (tertiary/aromatic N) is 1. The average Bonchev–Trinajstić information content (AvgIpc) is 2.41. The fraction of sp³-hybridized carbons (Fsp3) is 0.571. The molecule has 0 spiro atoms. The van der Waals surface area contributed by atoms with E-state index >= 15 is 0 Å². The van der Waals surface area contributed by atoms with Crippen molar-refractivity contribution < 1.29 is 12.8 Å². The van der Waals surface area contributed by atoms with Crippen LogP contribution in [0.5, 0.6) is 0 Å². The molecule has 2 atom stereocenters. The second-order valence-corrected chi connectivity index (χ2v) is 8.57. The third-order valence-corrected chi connectivity index (χ3v) is 6.74. The molecule has 1 aliphatic rings. The van der Waals surface area contributed by atoms with Crippen LogP contribution in [-0.4, -0.2) is 25.8 Å². The van der Waals surface area contributed by atoms with Crippen LogP contribution in [-0.2, 0) is 10.0 Å². The van der Waals surface area contributed by atoms with E-state index < -0.39 is 15.8 Å². The Balaban J connectivity index is 2.35. The van der Waals surface area contributed by atoms with Crippen LogP contribution in [0.25, 0.3) is 0 Å². The highest BCUT2D eigenvalue weighted by Gasteiger charge is 2.33. The molecule has 0 bridgehead atoms. The third-order valence-electron chi connectivity index (χ3n) is 4.13. The summed E-state index contributed by atoms with van der Waals surface area (Å²) < 4.78 is 41.0. The van der Waals surface area contributed by atoms with Gasteiger partial charge < -0.3 is 5.73 Å². The van der Waals surface area contributed by atoms with E-state index in [-0.39, 0.29) is 16.6 Å². The molecular formula is C14H20BrFN2O2S. The van der Waals surface area contributed by atoms with E-state index in [1.807, 2.05) is 0 Å². The van der Waals surface area contributed by atoms with Gasteiger partial charge in [0.2, 0.25) is 10.0 Å². The highest BCUT2D eigenvalue weighted by atomic mass is 79.9. The van der Waals surface area contributed by atoms with Crippen molar-refractivity contribution in [2.24, 2.45) is 5.92 Å². The minimum absolute atomic E-state index is 0.0805. The largest absolute Gasteiger partial charge is 0.398 e. The van der Waals surface area contributed by atoms with Gasteiger partial charge in [0.05, 0.1) is 0 Å². The van der Waals surface area contributed by atoms with Gasteiger partial charge in [-0.25, -0.2) is 12.8 Å². The van der Waals surface area contributed by atoms with E-state index in [9.17, 15) is 12.8 Å². The highest BCUT2D eigenvalue weighted by molar-refractivity contribution is 9.10. The summed E-state index contributed by atoms with van der Waals surface area (Å²) in [4.78, 5) is -0.357. The Morgan fingerprint density at radius 3 is 2.67 bits per heavy atom. The maximum absolute atomic E-state index is 14.0. The Bertz CT molecular complexity index is 636. The molecule has 1 fully saturated rings. The Labute approximate surface area is 133 Å². The Hall–Kier alpha value is -0.660. The van der Waals surface area contributed by atoms with E-state index in [1.54, 1.807) is 0 Å². The molecule has 1 aromatic carbocycles. The molecule has 2 N–H and O–H groups in total. The predicted molar refractivity (Wildman–Crippen MR) is 84.9 cm³/mol. The molecule has 4 nitrogen and oxygen atoms in total. The first-order valence-electron chi connectivity index (χ1n) is 6.96. The van der Waals surface area contributed by atoms with Gasteiger partial charge in [0.1, 0.15) is 10.7 Å². The predicted octanol–water partition coefficient (Wildman–Crippen LogP) is 3.37. The van der Waals surface area contributed by atoms with Gasteiger partial charge in [-0.2, -0.15) is 4.31 Å². The van der Waals surface area contributed by atoms with Crippen LogP contribution in [0.3, 0.4) is 0 Å². The molecule has 7 heteroatoms. The van der Waals surface area contributed by atoms with Crippen LogP contribution in [0.15, 0.2) is 21.5 Å². The lowest BCUT2D eigenvalue weighted by atomic mass is 9.87. The lowest BCUT2D eigenvalue weighted by molar-refractivity contribution is 0.238. The first-order chi connectivity index (χ1) is 9.73. The van der Waals surface area contributed by atoms with Crippen molar-refractivity contribution in [3.05, 3.63) is 22.4 Å². The van der Waals surface area contributed by atoms with Gasteiger partial charge in [0, 0.05) is 23.2 Å². The van der Waals surface area contributed by atoms with E-state index in [0.717, 1.165) is 31.7 Å². The number of rotatable bonds is 3. The van der Waals surface area contributed by atoms with Crippen LogP contribution >= 0.6 is 15.9 Å². The summed E-state index contributed by atoms with van der Waals surface area (Å²) in [5, 5.41) is 0. The van der Waals surface area contributed by atoms with Gasteiger partial charge >= 0.3 is 0 Å². The normalized spacial score (nSPS) is 23.5. The minimum atomic E-state index is -3.87. The molecule has 0 aliphatic heterocycles. The number of nitrogen functional groups attached to an aromatic ring is 1. The maximum Gasteiger partial charge on any atom is 0.246 e. The molecule has 1 aromatic rings. The van der Waals surface area contributed by atoms with Crippen LogP contribution in [0.4, 0.5) is 10.1 Å². The number of sulfonamides is 1. The van der Waals surface area contributed by atoms with Gasteiger partial charge in [-0.05, 0) is 46.8 Å². The molecular weight excluding hydrogens is 359 g/mol. The van der Waals surface area contributed by atoms with Crippen molar-refractivity contribution in [2.75, 3.05) is 12.8 Å². The summed E-state index contributed by atoms with van der Waals surface area (Å²) in [7, 11) is -2.35. The molecule has 0 amide bonds. The molecule has 21 heavy (non-hydrogen) atoms. The van der Waals surface area contributed by atoms with Crippen molar-refractivity contribution >= 4 is 31.6 Å². The lowest BCUT2D eigenvalue weighted by Crippen LogP contribution is -2.40. The summed E-state index contributed by atoms with van der Waals surface area (Å²) in [5.41, 5.74) is 5.90. The van der Waals surface area contributed by atoms with Crippen molar-refractivity contribution in [1.29, 1.82) is 0 Å². The van der Waals surface area contributed by atoms with Gasteiger partial charge in [-0.15, -0.1) is 0 Å². The van der Waals surface area contributed by atoms with Gasteiger partial charge in [-0.3, -0.25) is 0 Å². The highest BCUT2D eigenvalue weighted by Crippen LogP contribution is 2.32. The number of hydrogen-bond donors (Lipinski definition) is 1. The van der Waals surface area contributed by atoms with Gasteiger partial charge in [0.15, 0.2) is 0 Å². The maximum atomic E-state index is 14.0. The molecule has 0 saturated heterocycles. The van der Waals surface area contributed by atoms with Crippen molar-refractivity contribution in [1.82, 2.24) is 4.31 Å². The molecule has 1 saturated carbocycles. The summed E-state index contributed by atoms with van der Waals surface area (Å²) in [6.07, 6.45) is 3.73. The number of anilines is 1. The number of hydrogen-bond acceptors (Lipinski definition) is 3. The number of nitrogens with two attached hydrogens (primary N) is 1. The third kappa shape index (κ3) is 3.40. The number of benzene rings is 1. The molecule has 0 aromatic heterocycles. The summed E-state index contributed by atoms with van der Waals surface area (Å²) in [6.45, 7) is 2.12. The van der Waals surface area contributed by atoms with Crippen LogP contribution < -0.4 is 5.73 Å². The van der Waals surface area contributed by atoms with Gasteiger partial charge in [0.25, 0.3) is 0 Å².